The van der Waals surface area contributed by atoms with Crippen LogP contribution in [0.3, 0.4) is 0 Å². The maximum Gasteiger partial charge on any atom is 0.409 e. The summed E-state index contributed by atoms with van der Waals surface area (Å²) in [6.07, 6.45) is 1.36. The third kappa shape index (κ3) is 5.59. The predicted molar refractivity (Wildman–Crippen MR) is 103 cm³/mol. The molecule has 10 heteroatoms. The maximum atomic E-state index is 12.5. The number of carbonyl (C=O) groups excluding carboxylic acids is 2. The van der Waals surface area contributed by atoms with Crippen molar-refractivity contribution in [3.63, 3.8) is 0 Å². The molecule has 2 amide bonds. The van der Waals surface area contributed by atoms with E-state index in [1.165, 1.54) is 4.68 Å². The van der Waals surface area contributed by atoms with E-state index >= 15 is 0 Å². The van der Waals surface area contributed by atoms with Gasteiger partial charge in [-0.3, -0.25) is 4.79 Å². The molecule has 156 valence electrons. The van der Waals surface area contributed by atoms with Crippen LogP contribution in [-0.2, 0) is 22.7 Å². The number of hydrogen-bond donors (Lipinski definition) is 0. The van der Waals surface area contributed by atoms with Gasteiger partial charge >= 0.3 is 6.09 Å². The summed E-state index contributed by atoms with van der Waals surface area (Å²) in [5.74, 6) is 1.38. The molecule has 0 aliphatic carbocycles. The first kappa shape index (κ1) is 20.4. The third-order valence-corrected chi connectivity index (χ3v) is 4.49. The summed E-state index contributed by atoms with van der Waals surface area (Å²) in [6.45, 7) is 4.32. The van der Waals surface area contributed by atoms with Crippen LogP contribution < -0.4 is 9.47 Å². The molecule has 1 aliphatic heterocycles. The van der Waals surface area contributed by atoms with Crippen molar-refractivity contribution in [3.8, 4) is 11.5 Å². The average Bonchev–Trinajstić information content (AvgIpc) is 3.20. The van der Waals surface area contributed by atoms with Gasteiger partial charge < -0.3 is 24.0 Å². The Morgan fingerprint density at radius 3 is 2.34 bits per heavy atom. The number of methoxy groups -OCH3 is 1. The van der Waals surface area contributed by atoms with Crippen LogP contribution in [0.2, 0.25) is 0 Å². The van der Waals surface area contributed by atoms with Crippen molar-refractivity contribution in [2.45, 2.75) is 20.1 Å². The highest BCUT2D eigenvalue weighted by Gasteiger charge is 2.25. The van der Waals surface area contributed by atoms with Gasteiger partial charge in [0.15, 0.2) is 0 Å². The second-order valence-corrected chi connectivity index (χ2v) is 6.44. The van der Waals surface area contributed by atoms with Crippen molar-refractivity contribution < 1.29 is 23.8 Å². The molecule has 29 heavy (non-hydrogen) atoms. The molecule has 2 aromatic rings. The van der Waals surface area contributed by atoms with Gasteiger partial charge in [0.25, 0.3) is 0 Å². The van der Waals surface area contributed by atoms with Crippen LogP contribution in [0.5, 0.6) is 11.5 Å². The smallest absolute Gasteiger partial charge is 0.409 e. The van der Waals surface area contributed by atoms with Crippen LogP contribution in [0.1, 0.15) is 12.6 Å². The lowest BCUT2D eigenvalue weighted by atomic mass is 10.3. The molecule has 1 saturated heterocycles. The number of carbonyl (C=O) groups is 2. The van der Waals surface area contributed by atoms with E-state index in [2.05, 4.69) is 10.3 Å². The Bertz CT molecular complexity index is 815. The zero-order valence-corrected chi connectivity index (χ0v) is 16.6. The van der Waals surface area contributed by atoms with Gasteiger partial charge in [-0.25, -0.2) is 9.48 Å². The first-order valence-electron chi connectivity index (χ1n) is 9.44. The first-order valence-corrected chi connectivity index (χ1v) is 9.44. The molecule has 3 rings (SSSR count). The Morgan fingerprint density at radius 2 is 1.69 bits per heavy atom. The molecule has 0 radical (unpaired) electrons. The molecular formula is C19H25N5O5. The molecule has 1 aromatic carbocycles. The quantitative estimate of drug-likeness (QED) is 0.684. The molecule has 0 spiro atoms. The summed E-state index contributed by atoms with van der Waals surface area (Å²) < 4.78 is 17.3. The Kier molecular flexibility index (Phi) is 6.88. The van der Waals surface area contributed by atoms with Crippen molar-refractivity contribution in [1.29, 1.82) is 0 Å². The molecular weight excluding hydrogens is 378 g/mol. The molecule has 0 saturated carbocycles. The van der Waals surface area contributed by atoms with Crippen LogP contribution in [0.25, 0.3) is 0 Å². The van der Waals surface area contributed by atoms with Crippen LogP contribution in [0.15, 0.2) is 30.5 Å². The van der Waals surface area contributed by atoms with Gasteiger partial charge in [0.1, 0.15) is 30.3 Å². The van der Waals surface area contributed by atoms with Gasteiger partial charge in [0.2, 0.25) is 5.91 Å². The molecule has 2 heterocycles. The maximum absolute atomic E-state index is 12.5. The summed E-state index contributed by atoms with van der Waals surface area (Å²) in [5, 5.41) is 8.03. The lowest BCUT2D eigenvalue weighted by molar-refractivity contribution is -0.133. The normalized spacial score (nSPS) is 13.9. The van der Waals surface area contributed by atoms with Crippen molar-refractivity contribution in [1.82, 2.24) is 24.8 Å². The molecule has 0 unspecified atom stereocenters. The van der Waals surface area contributed by atoms with Crippen molar-refractivity contribution in [3.05, 3.63) is 36.2 Å². The van der Waals surface area contributed by atoms with Crippen molar-refractivity contribution >= 4 is 12.0 Å². The number of aromatic nitrogens is 3. The number of benzene rings is 1. The fourth-order valence-corrected chi connectivity index (χ4v) is 2.90. The standard InChI is InChI=1S/C19H25N5O5/c1-3-28-19(26)23-10-8-22(9-11-23)18(25)13-24-12-15(20-21-24)14-29-17-6-4-16(27-2)5-7-17/h4-7,12H,3,8-11,13-14H2,1-2H3. The summed E-state index contributed by atoms with van der Waals surface area (Å²) in [5.41, 5.74) is 0.626. The van der Waals surface area contributed by atoms with Crippen LogP contribution in [-0.4, -0.2) is 76.7 Å². The van der Waals surface area contributed by atoms with Gasteiger partial charge in [-0.05, 0) is 31.2 Å². The first-order chi connectivity index (χ1) is 14.1. The zero-order valence-electron chi connectivity index (χ0n) is 16.6. The largest absolute Gasteiger partial charge is 0.497 e. The topological polar surface area (TPSA) is 99.0 Å². The Hall–Kier alpha value is -3.30. The van der Waals surface area contributed by atoms with Crippen molar-refractivity contribution in [2.24, 2.45) is 0 Å². The zero-order chi connectivity index (χ0) is 20.6. The van der Waals surface area contributed by atoms with Crippen molar-refractivity contribution in [2.75, 3.05) is 39.9 Å². The highest BCUT2D eigenvalue weighted by atomic mass is 16.6. The molecule has 0 N–H and O–H groups in total. The van der Waals surface area contributed by atoms with E-state index in [-0.39, 0.29) is 25.2 Å². The number of hydrogen-bond acceptors (Lipinski definition) is 7. The summed E-state index contributed by atoms with van der Waals surface area (Å²) in [6, 6.07) is 7.24. The van der Waals surface area contributed by atoms with Gasteiger partial charge in [-0.15, -0.1) is 5.10 Å². The highest BCUT2D eigenvalue weighted by Crippen LogP contribution is 2.17. The second-order valence-electron chi connectivity index (χ2n) is 6.44. The number of rotatable bonds is 7. The van der Waals surface area contributed by atoms with Crippen LogP contribution in [0, 0.1) is 0 Å². The van der Waals surface area contributed by atoms with Gasteiger partial charge in [-0.1, -0.05) is 5.21 Å². The SMILES string of the molecule is CCOC(=O)N1CCN(C(=O)Cn2cc(COc3ccc(OC)cc3)nn2)CC1. The predicted octanol–water partition coefficient (Wildman–Crippen LogP) is 1.17. The van der Waals surface area contributed by atoms with E-state index in [1.807, 2.05) is 24.3 Å². The Morgan fingerprint density at radius 1 is 1.03 bits per heavy atom. The summed E-state index contributed by atoms with van der Waals surface area (Å²) >= 11 is 0. The lowest BCUT2D eigenvalue weighted by Gasteiger charge is -2.34. The Balaban J connectivity index is 1.44. The number of nitrogens with zero attached hydrogens (tertiary/aromatic N) is 5. The Labute approximate surface area is 168 Å². The van der Waals surface area contributed by atoms with Gasteiger partial charge in [-0.2, -0.15) is 0 Å². The molecule has 1 fully saturated rings. The van der Waals surface area contributed by atoms with E-state index < -0.39 is 0 Å². The molecule has 1 aromatic heterocycles. The lowest BCUT2D eigenvalue weighted by Crippen LogP contribution is -2.51. The number of amides is 2. The summed E-state index contributed by atoms with van der Waals surface area (Å²) in [4.78, 5) is 27.5. The average molecular weight is 403 g/mol. The van der Waals surface area contributed by atoms with E-state index in [9.17, 15) is 9.59 Å². The van der Waals surface area contributed by atoms with E-state index in [0.29, 0.717) is 44.2 Å². The van der Waals surface area contributed by atoms with E-state index in [4.69, 9.17) is 14.2 Å². The monoisotopic (exact) mass is 403 g/mol. The minimum absolute atomic E-state index is 0.0685. The summed E-state index contributed by atoms with van der Waals surface area (Å²) in [7, 11) is 1.61. The molecule has 0 atom stereocenters. The molecule has 0 bridgehead atoms. The van der Waals surface area contributed by atoms with Crippen LogP contribution in [0.4, 0.5) is 4.79 Å². The fourth-order valence-electron chi connectivity index (χ4n) is 2.90. The second kappa shape index (κ2) is 9.76. The minimum Gasteiger partial charge on any atom is -0.497 e. The van der Waals surface area contributed by atoms with E-state index in [0.717, 1.165) is 5.75 Å². The van der Waals surface area contributed by atoms with E-state index in [1.54, 1.807) is 30.0 Å². The van der Waals surface area contributed by atoms with Crippen LogP contribution >= 0.6 is 0 Å². The van der Waals surface area contributed by atoms with Gasteiger partial charge in [0, 0.05) is 26.2 Å². The molecule has 10 nitrogen and oxygen atoms in total. The minimum atomic E-state index is -0.336. The number of piperazine rings is 1. The third-order valence-electron chi connectivity index (χ3n) is 4.49. The molecule has 1 aliphatic rings. The number of ether oxygens (including phenoxy) is 3. The highest BCUT2D eigenvalue weighted by molar-refractivity contribution is 5.76. The fraction of sp³-hybridized carbons (Fsp3) is 0.474. The van der Waals surface area contributed by atoms with Gasteiger partial charge in [0.05, 0.1) is 19.9 Å².